The number of piperazine rings is 1. The largest absolute Gasteiger partial charge is 0.395 e. The van der Waals surface area contributed by atoms with E-state index in [-0.39, 0.29) is 6.61 Å². The summed E-state index contributed by atoms with van der Waals surface area (Å²) in [4.78, 5) is 9.23. The smallest absolute Gasteiger partial charge is 0.227 e. The van der Waals surface area contributed by atoms with Gasteiger partial charge in [0.05, 0.1) is 6.61 Å². The van der Waals surface area contributed by atoms with Gasteiger partial charge in [-0.25, -0.2) is 0 Å². The fourth-order valence-electron chi connectivity index (χ4n) is 2.89. The summed E-state index contributed by atoms with van der Waals surface area (Å²) in [6.07, 6.45) is 1.84. The van der Waals surface area contributed by atoms with Crippen molar-refractivity contribution in [2.75, 3.05) is 45.9 Å². The molecule has 1 aromatic heterocycles. The van der Waals surface area contributed by atoms with Gasteiger partial charge in [-0.15, -0.1) is 0 Å². The molecule has 0 unspecified atom stereocenters. The molecule has 0 saturated carbocycles. The number of aromatic nitrogens is 2. The minimum Gasteiger partial charge on any atom is -0.395 e. The minimum atomic E-state index is 0.251. The zero-order valence-electron chi connectivity index (χ0n) is 13.4. The van der Waals surface area contributed by atoms with Gasteiger partial charge in [0.1, 0.15) is 0 Å². The standard InChI is InChI=1S/C17H24N4O2/c22-14-13-21-11-9-20(10-12-21)8-4-7-16-18-17(19-23-16)15-5-2-1-3-6-15/h1-3,5-6,22H,4,7-14H2. The number of nitrogens with zero attached hydrogens (tertiary/aromatic N) is 4. The van der Waals surface area contributed by atoms with Crippen LogP contribution in [0.4, 0.5) is 0 Å². The Hall–Kier alpha value is -1.76. The molecule has 3 rings (SSSR count). The van der Waals surface area contributed by atoms with Gasteiger partial charge in [0.2, 0.25) is 11.7 Å². The van der Waals surface area contributed by atoms with Gasteiger partial charge < -0.3 is 14.5 Å². The highest BCUT2D eigenvalue weighted by molar-refractivity contribution is 5.53. The van der Waals surface area contributed by atoms with E-state index in [1.54, 1.807) is 0 Å². The Kier molecular flexibility index (Phi) is 5.74. The van der Waals surface area contributed by atoms with Gasteiger partial charge >= 0.3 is 0 Å². The lowest BCUT2D eigenvalue weighted by atomic mass is 10.2. The van der Waals surface area contributed by atoms with Crippen LogP contribution in [-0.4, -0.2) is 70.9 Å². The van der Waals surface area contributed by atoms with E-state index in [2.05, 4.69) is 19.9 Å². The summed E-state index contributed by atoms with van der Waals surface area (Å²) in [7, 11) is 0. The summed E-state index contributed by atoms with van der Waals surface area (Å²) in [5.74, 6) is 1.38. The topological polar surface area (TPSA) is 65.6 Å². The summed E-state index contributed by atoms with van der Waals surface area (Å²) in [6, 6.07) is 9.90. The molecular formula is C17H24N4O2. The number of aliphatic hydroxyl groups is 1. The molecule has 1 aliphatic rings. The molecule has 23 heavy (non-hydrogen) atoms. The molecule has 2 heterocycles. The molecule has 0 radical (unpaired) electrons. The van der Waals surface area contributed by atoms with Crippen LogP contribution in [0.25, 0.3) is 11.4 Å². The maximum Gasteiger partial charge on any atom is 0.227 e. The molecule has 6 heteroatoms. The molecule has 1 aliphatic heterocycles. The summed E-state index contributed by atoms with van der Waals surface area (Å²) in [5, 5.41) is 13.0. The van der Waals surface area contributed by atoms with Gasteiger partial charge in [0.25, 0.3) is 0 Å². The Morgan fingerprint density at radius 3 is 2.39 bits per heavy atom. The average molecular weight is 316 g/mol. The molecule has 1 fully saturated rings. The second-order valence-corrected chi connectivity index (χ2v) is 5.89. The maximum atomic E-state index is 8.96. The molecule has 2 aromatic rings. The third kappa shape index (κ3) is 4.60. The number of hydrogen-bond donors (Lipinski definition) is 1. The van der Waals surface area contributed by atoms with Crippen LogP contribution in [0.15, 0.2) is 34.9 Å². The molecule has 0 amide bonds. The predicted molar refractivity (Wildman–Crippen MR) is 88.0 cm³/mol. The first-order chi connectivity index (χ1) is 11.3. The lowest BCUT2D eigenvalue weighted by Gasteiger charge is -2.34. The number of aliphatic hydroxyl groups excluding tert-OH is 1. The van der Waals surface area contributed by atoms with E-state index in [1.165, 1.54) is 0 Å². The van der Waals surface area contributed by atoms with E-state index in [9.17, 15) is 0 Å². The first-order valence-corrected chi connectivity index (χ1v) is 8.29. The third-order valence-electron chi connectivity index (χ3n) is 4.25. The normalized spacial score (nSPS) is 16.7. The highest BCUT2D eigenvalue weighted by Gasteiger charge is 2.16. The number of hydrogen-bond acceptors (Lipinski definition) is 6. The van der Waals surface area contributed by atoms with Crippen molar-refractivity contribution in [1.29, 1.82) is 0 Å². The van der Waals surface area contributed by atoms with E-state index in [4.69, 9.17) is 9.63 Å². The van der Waals surface area contributed by atoms with Gasteiger partial charge in [-0.05, 0) is 13.0 Å². The highest BCUT2D eigenvalue weighted by Crippen LogP contribution is 2.15. The van der Waals surface area contributed by atoms with E-state index in [0.29, 0.717) is 11.7 Å². The van der Waals surface area contributed by atoms with Crippen LogP contribution in [0.1, 0.15) is 12.3 Å². The number of aryl methyl sites for hydroxylation is 1. The first kappa shape index (κ1) is 16.1. The second kappa shape index (κ2) is 8.19. The first-order valence-electron chi connectivity index (χ1n) is 8.29. The van der Waals surface area contributed by atoms with Gasteiger partial charge in [-0.2, -0.15) is 4.98 Å². The molecule has 124 valence electrons. The molecule has 0 atom stereocenters. The van der Waals surface area contributed by atoms with Crippen molar-refractivity contribution in [2.45, 2.75) is 12.8 Å². The predicted octanol–water partition coefficient (Wildman–Crippen LogP) is 1.28. The lowest BCUT2D eigenvalue weighted by Crippen LogP contribution is -2.47. The molecule has 0 spiro atoms. The van der Waals surface area contributed by atoms with Crippen molar-refractivity contribution >= 4 is 0 Å². The fourth-order valence-corrected chi connectivity index (χ4v) is 2.89. The fraction of sp³-hybridized carbons (Fsp3) is 0.529. The average Bonchev–Trinajstić information content (AvgIpc) is 3.06. The van der Waals surface area contributed by atoms with Crippen LogP contribution in [0.2, 0.25) is 0 Å². The number of β-amino-alcohol motifs (C(OH)–C–C–N with tert-alkyl or cyclic N) is 1. The van der Waals surface area contributed by atoms with E-state index in [1.807, 2.05) is 30.3 Å². The molecule has 0 aliphatic carbocycles. The summed E-state index contributed by atoms with van der Waals surface area (Å²) >= 11 is 0. The summed E-state index contributed by atoms with van der Waals surface area (Å²) < 4.78 is 5.34. The van der Waals surface area contributed by atoms with Crippen molar-refractivity contribution in [1.82, 2.24) is 19.9 Å². The minimum absolute atomic E-state index is 0.251. The van der Waals surface area contributed by atoms with Crippen LogP contribution < -0.4 is 0 Å². The van der Waals surface area contributed by atoms with Gasteiger partial charge in [-0.1, -0.05) is 35.5 Å². The van der Waals surface area contributed by atoms with E-state index < -0.39 is 0 Å². The van der Waals surface area contributed by atoms with Crippen molar-refractivity contribution in [2.24, 2.45) is 0 Å². The lowest BCUT2D eigenvalue weighted by molar-refractivity contribution is 0.111. The quantitative estimate of drug-likeness (QED) is 0.830. The van der Waals surface area contributed by atoms with Crippen LogP contribution in [-0.2, 0) is 6.42 Å². The Balaban J connectivity index is 1.41. The summed E-state index contributed by atoms with van der Waals surface area (Å²) in [6.45, 7) is 6.31. The molecule has 1 saturated heterocycles. The SMILES string of the molecule is OCCN1CCN(CCCc2nc(-c3ccccc3)no2)CC1. The Morgan fingerprint density at radius 2 is 1.70 bits per heavy atom. The van der Waals surface area contributed by atoms with E-state index >= 15 is 0 Å². The Bertz CT molecular complexity index is 579. The number of benzene rings is 1. The van der Waals surface area contributed by atoms with Gasteiger partial charge in [-0.3, -0.25) is 4.90 Å². The number of rotatable bonds is 7. The van der Waals surface area contributed by atoms with Gasteiger partial charge in [0, 0.05) is 44.7 Å². The van der Waals surface area contributed by atoms with Crippen molar-refractivity contribution < 1.29 is 9.63 Å². The van der Waals surface area contributed by atoms with E-state index in [0.717, 1.165) is 57.7 Å². The highest BCUT2D eigenvalue weighted by atomic mass is 16.5. The third-order valence-corrected chi connectivity index (χ3v) is 4.25. The molecular weight excluding hydrogens is 292 g/mol. The molecule has 6 nitrogen and oxygen atoms in total. The van der Waals surface area contributed by atoms with Gasteiger partial charge in [0.15, 0.2) is 0 Å². The van der Waals surface area contributed by atoms with Crippen LogP contribution in [0.3, 0.4) is 0 Å². The van der Waals surface area contributed by atoms with Crippen LogP contribution in [0, 0.1) is 0 Å². The van der Waals surface area contributed by atoms with Crippen molar-refractivity contribution in [3.05, 3.63) is 36.2 Å². The maximum absolute atomic E-state index is 8.96. The molecule has 1 N–H and O–H groups in total. The summed E-state index contributed by atoms with van der Waals surface area (Å²) in [5.41, 5.74) is 0.988. The van der Waals surface area contributed by atoms with Crippen LogP contribution in [0.5, 0.6) is 0 Å². The second-order valence-electron chi connectivity index (χ2n) is 5.89. The van der Waals surface area contributed by atoms with Crippen LogP contribution >= 0.6 is 0 Å². The van der Waals surface area contributed by atoms with Crippen molar-refractivity contribution in [3.63, 3.8) is 0 Å². The zero-order chi connectivity index (χ0) is 15.9. The van der Waals surface area contributed by atoms with Crippen molar-refractivity contribution in [3.8, 4) is 11.4 Å². The monoisotopic (exact) mass is 316 g/mol. The molecule has 1 aromatic carbocycles. The zero-order valence-corrected chi connectivity index (χ0v) is 13.4. The molecule has 0 bridgehead atoms. The Morgan fingerprint density at radius 1 is 1.00 bits per heavy atom. The Labute approximate surface area is 136 Å².